The predicted octanol–water partition coefficient (Wildman–Crippen LogP) is 2.86. The summed E-state index contributed by atoms with van der Waals surface area (Å²) in [6, 6.07) is 8.34. The Hall–Kier alpha value is -0.830. The lowest BCUT2D eigenvalue weighted by molar-refractivity contribution is -0.139. The molecule has 1 rings (SSSR count). The zero-order valence-corrected chi connectivity index (χ0v) is 10.6. The molecule has 0 aliphatic rings. The summed E-state index contributed by atoms with van der Waals surface area (Å²) in [7, 11) is 1.41. The molecule has 0 radical (unpaired) electrons. The van der Waals surface area contributed by atoms with E-state index >= 15 is 0 Å². The van der Waals surface area contributed by atoms with Crippen molar-refractivity contribution < 1.29 is 9.53 Å². The molecule has 82 valence electrons. The number of rotatable bonds is 4. The first kappa shape index (κ1) is 12.2. The van der Waals surface area contributed by atoms with E-state index in [4.69, 9.17) is 0 Å². The van der Waals surface area contributed by atoms with E-state index in [2.05, 4.69) is 51.9 Å². The molecular weight excluding hydrogens is 256 g/mol. The number of alkyl halides is 1. The molecule has 0 aliphatic carbocycles. The molecule has 0 saturated carbocycles. The van der Waals surface area contributed by atoms with Gasteiger partial charge in [0.25, 0.3) is 0 Å². The van der Waals surface area contributed by atoms with Crippen LogP contribution in [-0.4, -0.2) is 17.9 Å². The Bertz CT molecular complexity index is 319. The molecule has 0 amide bonds. The van der Waals surface area contributed by atoms with Crippen molar-refractivity contribution in [1.29, 1.82) is 0 Å². The molecule has 0 spiro atoms. The maximum Gasteiger partial charge on any atom is 0.319 e. The quantitative estimate of drug-likeness (QED) is 0.621. The third kappa shape index (κ3) is 4.04. The molecule has 1 atom stereocenters. The second-order valence-corrected chi connectivity index (χ2v) is 4.62. The van der Waals surface area contributed by atoms with Crippen molar-refractivity contribution in [3.05, 3.63) is 35.4 Å². The van der Waals surface area contributed by atoms with Gasteiger partial charge in [0.15, 0.2) is 0 Å². The molecule has 0 aliphatic heterocycles. The zero-order valence-electron chi connectivity index (χ0n) is 9.00. The molecule has 0 saturated heterocycles. The normalized spacial score (nSPS) is 12.2. The predicted molar refractivity (Wildman–Crippen MR) is 64.2 cm³/mol. The van der Waals surface area contributed by atoms with Crippen molar-refractivity contribution in [2.45, 2.75) is 24.6 Å². The summed E-state index contributed by atoms with van der Waals surface area (Å²) in [5, 5.41) is 0. The first-order valence-corrected chi connectivity index (χ1v) is 5.82. The summed E-state index contributed by atoms with van der Waals surface area (Å²) < 4.78 is 4.63. The number of methoxy groups -OCH3 is 1. The number of benzene rings is 1. The second kappa shape index (κ2) is 5.91. The Morgan fingerprint density at radius 3 is 2.53 bits per heavy atom. The van der Waals surface area contributed by atoms with E-state index in [1.807, 2.05) is 0 Å². The van der Waals surface area contributed by atoms with Gasteiger partial charge in [0.1, 0.15) is 4.83 Å². The first-order chi connectivity index (χ1) is 7.13. The molecule has 1 unspecified atom stereocenters. The van der Waals surface area contributed by atoms with E-state index < -0.39 is 0 Å². The first-order valence-electron chi connectivity index (χ1n) is 4.91. The minimum atomic E-state index is -0.206. The van der Waals surface area contributed by atoms with Crippen LogP contribution < -0.4 is 0 Å². The molecule has 0 heterocycles. The van der Waals surface area contributed by atoms with Crippen LogP contribution >= 0.6 is 15.9 Å². The largest absolute Gasteiger partial charge is 0.468 e. The Kier molecular flexibility index (Phi) is 4.82. The zero-order chi connectivity index (χ0) is 11.3. The summed E-state index contributed by atoms with van der Waals surface area (Å²) in [6.07, 6.45) is 1.64. The van der Waals surface area contributed by atoms with Crippen LogP contribution in [0.2, 0.25) is 0 Å². The molecule has 2 nitrogen and oxygen atoms in total. The fourth-order valence-corrected chi connectivity index (χ4v) is 1.71. The van der Waals surface area contributed by atoms with Gasteiger partial charge in [0.2, 0.25) is 0 Å². The van der Waals surface area contributed by atoms with Crippen molar-refractivity contribution in [2.75, 3.05) is 7.11 Å². The van der Waals surface area contributed by atoms with Crippen LogP contribution in [0, 0.1) is 6.92 Å². The lowest BCUT2D eigenvalue weighted by Crippen LogP contribution is -2.16. The molecule has 15 heavy (non-hydrogen) atoms. The SMILES string of the molecule is COC(=O)C(Br)CCc1ccc(C)cc1. The van der Waals surface area contributed by atoms with Crippen LogP contribution in [0.3, 0.4) is 0 Å². The lowest BCUT2D eigenvalue weighted by Gasteiger charge is -2.07. The number of halogens is 1. The number of carbonyl (C=O) groups is 1. The van der Waals surface area contributed by atoms with E-state index in [1.165, 1.54) is 18.2 Å². The van der Waals surface area contributed by atoms with E-state index in [0.717, 1.165) is 12.8 Å². The van der Waals surface area contributed by atoms with E-state index in [0.29, 0.717) is 0 Å². The highest BCUT2D eigenvalue weighted by Gasteiger charge is 2.14. The highest BCUT2D eigenvalue weighted by Crippen LogP contribution is 2.13. The van der Waals surface area contributed by atoms with Crippen LogP contribution in [0.5, 0.6) is 0 Å². The van der Waals surface area contributed by atoms with Crippen LogP contribution in [0.15, 0.2) is 24.3 Å². The number of hydrogen-bond acceptors (Lipinski definition) is 2. The van der Waals surface area contributed by atoms with Crippen LogP contribution in [-0.2, 0) is 16.0 Å². The van der Waals surface area contributed by atoms with Gasteiger partial charge >= 0.3 is 5.97 Å². The molecule has 0 bridgehead atoms. The highest BCUT2D eigenvalue weighted by atomic mass is 79.9. The van der Waals surface area contributed by atoms with Gasteiger partial charge in [-0.25, -0.2) is 0 Å². The van der Waals surface area contributed by atoms with Crippen molar-refractivity contribution in [2.24, 2.45) is 0 Å². The lowest BCUT2D eigenvalue weighted by atomic mass is 10.1. The van der Waals surface area contributed by atoms with Crippen molar-refractivity contribution in [3.63, 3.8) is 0 Å². The van der Waals surface area contributed by atoms with Crippen molar-refractivity contribution >= 4 is 21.9 Å². The fourth-order valence-electron chi connectivity index (χ4n) is 1.29. The van der Waals surface area contributed by atoms with Crippen LogP contribution in [0.4, 0.5) is 0 Å². The third-order valence-corrected chi connectivity index (χ3v) is 3.10. The van der Waals surface area contributed by atoms with E-state index in [9.17, 15) is 4.79 Å². The maximum atomic E-state index is 11.1. The van der Waals surface area contributed by atoms with Gasteiger partial charge in [0, 0.05) is 0 Å². The number of esters is 1. The van der Waals surface area contributed by atoms with E-state index in [-0.39, 0.29) is 10.8 Å². The molecule has 0 fully saturated rings. The number of carbonyl (C=O) groups excluding carboxylic acids is 1. The number of hydrogen-bond donors (Lipinski definition) is 0. The van der Waals surface area contributed by atoms with Gasteiger partial charge in [-0.1, -0.05) is 45.8 Å². The summed E-state index contributed by atoms with van der Waals surface area (Å²) in [5.41, 5.74) is 2.50. The molecule has 0 aromatic heterocycles. The Labute approximate surface area is 98.8 Å². The fraction of sp³-hybridized carbons (Fsp3) is 0.417. The molecule has 3 heteroatoms. The number of aryl methyl sites for hydroxylation is 2. The van der Waals surface area contributed by atoms with Gasteiger partial charge in [-0.05, 0) is 25.3 Å². The average Bonchev–Trinajstić information content (AvgIpc) is 2.26. The van der Waals surface area contributed by atoms with Gasteiger partial charge < -0.3 is 4.74 Å². The van der Waals surface area contributed by atoms with E-state index in [1.54, 1.807) is 0 Å². The van der Waals surface area contributed by atoms with Gasteiger partial charge in [-0.2, -0.15) is 0 Å². The van der Waals surface area contributed by atoms with Gasteiger partial charge in [-0.15, -0.1) is 0 Å². The Morgan fingerprint density at radius 1 is 1.40 bits per heavy atom. The van der Waals surface area contributed by atoms with Crippen molar-refractivity contribution in [1.82, 2.24) is 0 Å². The summed E-state index contributed by atoms with van der Waals surface area (Å²) >= 11 is 3.30. The van der Waals surface area contributed by atoms with Crippen LogP contribution in [0.25, 0.3) is 0 Å². The third-order valence-electron chi connectivity index (χ3n) is 2.26. The average molecular weight is 271 g/mol. The maximum absolute atomic E-state index is 11.1. The summed E-state index contributed by atoms with van der Waals surface area (Å²) in [5.74, 6) is -0.206. The van der Waals surface area contributed by atoms with Gasteiger partial charge in [-0.3, -0.25) is 4.79 Å². The Balaban J connectivity index is 2.43. The summed E-state index contributed by atoms with van der Waals surface area (Å²) in [6.45, 7) is 2.06. The number of ether oxygens (including phenoxy) is 1. The summed E-state index contributed by atoms with van der Waals surface area (Å²) in [4.78, 5) is 10.9. The standard InChI is InChI=1S/C12H15BrO2/c1-9-3-5-10(6-4-9)7-8-11(13)12(14)15-2/h3-6,11H,7-8H2,1-2H3. The molecule has 1 aromatic carbocycles. The van der Waals surface area contributed by atoms with Gasteiger partial charge in [0.05, 0.1) is 7.11 Å². The Morgan fingerprint density at radius 2 is 2.00 bits per heavy atom. The molecule has 0 N–H and O–H groups in total. The van der Waals surface area contributed by atoms with Crippen LogP contribution in [0.1, 0.15) is 17.5 Å². The molecular formula is C12H15BrO2. The smallest absolute Gasteiger partial charge is 0.319 e. The second-order valence-electron chi connectivity index (χ2n) is 3.51. The monoisotopic (exact) mass is 270 g/mol. The minimum absolute atomic E-state index is 0.205. The highest BCUT2D eigenvalue weighted by molar-refractivity contribution is 9.10. The topological polar surface area (TPSA) is 26.3 Å². The minimum Gasteiger partial charge on any atom is -0.468 e. The molecule has 1 aromatic rings. The van der Waals surface area contributed by atoms with Crippen molar-refractivity contribution in [3.8, 4) is 0 Å².